The van der Waals surface area contributed by atoms with Gasteiger partial charge in [-0.25, -0.2) is 9.89 Å². The molecule has 2 saturated heterocycles. The number of hydrogen-bond acceptors (Lipinski definition) is 5. The zero-order valence-electron chi connectivity index (χ0n) is 14.1. The number of nitriles is 1. The maximum atomic E-state index is 13.0. The number of aliphatic imine (C=N–C) groups is 1. The van der Waals surface area contributed by atoms with Gasteiger partial charge < -0.3 is 15.1 Å². The molecule has 2 heterocycles. The van der Waals surface area contributed by atoms with Gasteiger partial charge in [0.2, 0.25) is 5.96 Å². The predicted molar refractivity (Wildman–Crippen MR) is 103 cm³/mol. The number of aliphatic hydroxyl groups is 1. The molecule has 0 unspecified atom stereocenters. The van der Waals surface area contributed by atoms with E-state index in [1.807, 2.05) is 24.3 Å². The van der Waals surface area contributed by atoms with Crippen LogP contribution in [-0.2, 0) is 4.79 Å². The van der Waals surface area contributed by atoms with Gasteiger partial charge in [-0.05, 0) is 46.3 Å². The summed E-state index contributed by atoms with van der Waals surface area (Å²) in [6.07, 6.45) is -0.280. The van der Waals surface area contributed by atoms with Crippen molar-refractivity contribution in [1.82, 2.24) is 4.90 Å². The van der Waals surface area contributed by atoms with Crippen molar-refractivity contribution >= 4 is 39.2 Å². The minimum atomic E-state index is -0.611. The van der Waals surface area contributed by atoms with Gasteiger partial charge in [0.25, 0.3) is 5.91 Å². The molecule has 0 radical (unpaired) electrons. The topological polar surface area (TPSA) is 100 Å². The van der Waals surface area contributed by atoms with E-state index >= 15 is 0 Å². The Labute approximate surface area is 163 Å². The lowest BCUT2D eigenvalue weighted by atomic mass is 10.2. The smallest absolute Gasteiger partial charge is 0.256 e. The molecule has 2 atom stereocenters. The minimum Gasteiger partial charge on any atom is -0.506 e. The van der Waals surface area contributed by atoms with Gasteiger partial charge in [0.15, 0.2) is 0 Å². The van der Waals surface area contributed by atoms with E-state index in [4.69, 9.17) is 5.26 Å². The van der Waals surface area contributed by atoms with Crippen LogP contribution in [0, 0.1) is 11.3 Å². The number of amides is 1. The fourth-order valence-electron chi connectivity index (χ4n) is 3.41. The Balaban J connectivity index is 1.85. The molecule has 8 heteroatoms. The monoisotopic (exact) mass is 426 g/mol. The number of benzene rings is 2. The summed E-state index contributed by atoms with van der Waals surface area (Å²) in [5.41, 5.74) is 1.20. The van der Waals surface area contributed by atoms with Gasteiger partial charge in [-0.2, -0.15) is 5.26 Å². The number of hydrogen-bond donors (Lipinski definition) is 2. The number of phenolic OH excluding ortho intramolecular Hbond substituents is 1. The normalized spacial score (nSPS) is 23.0. The number of nitrogens with zero attached hydrogens (tertiary/aromatic N) is 4. The van der Waals surface area contributed by atoms with Gasteiger partial charge >= 0.3 is 0 Å². The molecular weight excluding hydrogens is 412 g/mol. The van der Waals surface area contributed by atoms with E-state index in [2.05, 4.69) is 20.9 Å². The molecule has 2 aliphatic rings. The van der Waals surface area contributed by atoms with Crippen LogP contribution in [0.15, 0.2) is 51.9 Å². The van der Waals surface area contributed by atoms with Crippen molar-refractivity contribution in [2.45, 2.75) is 18.6 Å². The molecule has 0 aliphatic carbocycles. The number of halogens is 1. The van der Waals surface area contributed by atoms with Gasteiger partial charge in [-0.15, -0.1) is 0 Å². The molecule has 0 bridgehead atoms. The maximum Gasteiger partial charge on any atom is 0.256 e. The van der Waals surface area contributed by atoms with Crippen LogP contribution in [0.4, 0.5) is 11.4 Å². The quantitative estimate of drug-likeness (QED) is 0.767. The Bertz CT molecular complexity index is 1000. The van der Waals surface area contributed by atoms with Crippen LogP contribution >= 0.6 is 15.9 Å². The molecule has 2 fully saturated rings. The summed E-state index contributed by atoms with van der Waals surface area (Å²) in [5, 5.41) is 29.2. The lowest BCUT2D eigenvalue weighted by molar-refractivity contribution is -0.119. The molecular formula is C19H15BrN4O3. The second kappa shape index (κ2) is 6.68. The van der Waals surface area contributed by atoms with E-state index in [-0.39, 0.29) is 23.9 Å². The van der Waals surface area contributed by atoms with Crippen molar-refractivity contribution in [2.75, 3.05) is 11.4 Å². The maximum absolute atomic E-state index is 13.0. The molecule has 0 saturated carbocycles. The Morgan fingerprint density at radius 3 is 2.74 bits per heavy atom. The summed E-state index contributed by atoms with van der Waals surface area (Å²) in [6.45, 7) is 0.285. The molecule has 1 amide bonds. The lowest BCUT2D eigenvalue weighted by Gasteiger charge is -2.22. The molecule has 136 valence electrons. The third-order valence-corrected chi connectivity index (χ3v) is 5.33. The summed E-state index contributed by atoms with van der Waals surface area (Å²) in [4.78, 5) is 20.8. The first-order chi connectivity index (χ1) is 13.0. The first-order valence-corrected chi connectivity index (χ1v) is 9.14. The number of guanidine groups is 1. The van der Waals surface area contributed by atoms with Crippen molar-refractivity contribution < 1.29 is 15.0 Å². The molecule has 0 aromatic heterocycles. The standard InChI is InChI=1S/C19H15BrN4O3/c20-13-3-1-2-4-15(13)24-18(27)16-8-12(25)10-23(16)19(24)22-14-6-5-11(9-21)7-17(14)26/h1-7,12,16,25-26H,8,10H2/t12-,16+/m1/s1. The van der Waals surface area contributed by atoms with Crippen LogP contribution in [0.1, 0.15) is 12.0 Å². The van der Waals surface area contributed by atoms with Crippen LogP contribution in [0.2, 0.25) is 0 Å². The summed E-state index contributed by atoms with van der Waals surface area (Å²) < 4.78 is 0.733. The number of anilines is 1. The number of aliphatic hydroxyl groups excluding tert-OH is 1. The number of fused-ring (bicyclic) bond motifs is 1. The van der Waals surface area contributed by atoms with Gasteiger partial charge in [-0.1, -0.05) is 12.1 Å². The number of rotatable bonds is 2. The fraction of sp³-hybridized carbons (Fsp3) is 0.211. The van der Waals surface area contributed by atoms with Crippen LogP contribution in [0.3, 0.4) is 0 Å². The number of carbonyl (C=O) groups excluding carboxylic acids is 1. The summed E-state index contributed by atoms with van der Waals surface area (Å²) >= 11 is 3.47. The Morgan fingerprint density at radius 1 is 1.26 bits per heavy atom. The highest BCUT2D eigenvalue weighted by Gasteiger charge is 2.49. The number of phenols is 1. The SMILES string of the molecule is N#Cc1ccc(N=C2N(c3ccccc3Br)C(=O)[C@@H]3C[C@@H](O)CN23)c(O)c1. The Kier molecular flexibility index (Phi) is 4.34. The van der Waals surface area contributed by atoms with E-state index in [9.17, 15) is 15.0 Å². The highest BCUT2D eigenvalue weighted by molar-refractivity contribution is 9.10. The second-order valence-corrected chi connectivity index (χ2v) is 7.26. The van der Waals surface area contributed by atoms with Crippen molar-refractivity contribution in [1.29, 1.82) is 5.26 Å². The molecule has 7 nitrogen and oxygen atoms in total. The number of carbonyl (C=O) groups is 1. The lowest BCUT2D eigenvalue weighted by Crippen LogP contribution is -2.36. The predicted octanol–water partition coefficient (Wildman–Crippen LogP) is 2.50. The summed E-state index contributed by atoms with van der Waals surface area (Å²) in [6, 6.07) is 13.2. The van der Waals surface area contributed by atoms with Crippen molar-refractivity contribution in [3.05, 3.63) is 52.5 Å². The Morgan fingerprint density at radius 2 is 2.04 bits per heavy atom. The van der Waals surface area contributed by atoms with E-state index in [1.54, 1.807) is 17.0 Å². The number of para-hydroxylation sites is 1. The summed E-state index contributed by atoms with van der Waals surface area (Å²) in [7, 11) is 0. The molecule has 2 N–H and O–H groups in total. The third-order valence-electron chi connectivity index (χ3n) is 4.66. The first kappa shape index (κ1) is 17.5. The van der Waals surface area contributed by atoms with E-state index in [0.717, 1.165) is 4.47 Å². The van der Waals surface area contributed by atoms with Gasteiger partial charge in [0.1, 0.15) is 17.5 Å². The van der Waals surface area contributed by atoms with Crippen LogP contribution in [-0.4, -0.2) is 45.7 Å². The van der Waals surface area contributed by atoms with Crippen LogP contribution in [0.25, 0.3) is 0 Å². The first-order valence-electron chi connectivity index (χ1n) is 8.34. The van der Waals surface area contributed by atoms with Crippen molar-refractivity contribution in [3.8, 4) is 11.8 Å². The average molecular weight is 427 g/mol. The minimum absolute atomic E-state index is 0.149. The van der Waals surface area contributed by atoms with Gasteiger partial charge in [0.05, 0.1) is 23.4 Å². The van der Waals surface area contributed by atoms with Gasteiger partial charge in [0, 0.05) is 17.4 Å². The number of aromatic hydroxyl groups is 1. The molecule has 4 rings (SSSR count). The van der Waals surface area contributed by atoms with Crippen LogP contribution < -0.4 is 4.90 Å². The van der Waals surface area contributed by atoms with Crippen LogP contribution in [0.5, 0.6) is 5.75 Å². The molecule has 2 aliphatic heterocycles. The zero-order chi connectivity index (χ0) is 19.1. The molecule has 27 heavy (non-hydrogen) atoms. The second-order valence-electron chi connectivity index (χ2n) is 6.41. The highest BCUT2D eigenvalue weighted by atomic mass is 79.9. The Hall–Kier alpha value is -2.89. The highest BCUT2D eigenvalue weighted by Crippen LogP contribution is 2.37. The average Bonchev–Trinajstić information content (AvgIpc) is 3.14. The van der Waals surface area contributed by atoms with E-state index < -0.39 is 12.1 Å². The molecule has 2 aromatic rings. The van der Waals surface area contributed by atoms with E-state index in [1.165, 1.54) is 17.0 Å². The van der Waals surface area contributed by atoms with Gasteiger partial charge in [-0.3, -0.25) is 4.79 Å². The zero-order valence-corrected chi connectivity index (χ0v) is 15.7. The largest absolute Gasteiger partial charge is 0.506 e. The molecule has 0 spiro atoms. The summed E-state index contributed by atoms with van der Waals surface area (Å²) in [5.74, 6) is 0.0167. The molecule has 2 aromatic carbocycles. The van der Waals surface area contributed by atoms with Crippen molar-refractivity contribution in [3.63, 3.8) is 0 Å². The van der Waals surface area contributed by atoms with Crippen molar-refractivity contribution in [2.24, 2.45) is 4.99 Å². The fourth-order valence-corrected chi connectivity index (χ4v) is 3.88. The van der Waals surface area contributed by atoms with E-state index in [0.29, 0.717) is 23.6 Å². The third kappa shape index (κ3) is 2.95.